The molecule has 9 heteroatoms. The number of carbonyl (C=O) groups excluding carboxylic acids is 1. The Morgan fingerprint density at radius 1 is 1.13 bits per heavy atom. The molecule has 1 amide bonds. The largest absolute Gasteiger partial charge is 0.497 e. The molecular formula is C22H19N5O4. The van der Waals surface area contributed by atoms with Crippen LogP contribution in [-0.4, -0.2) is 45.5 Å². The molecule has 2 aromatic carbocycles. The van der Waals surface area contributed by atoms with Crippen molar-refractivity contribution in [3.8, 4) is 5.75 Å². The zero-order valence-electron chi connectivity index (χ0n) is 16.7. The first kappa shape index (κ1) is 18.9. The lowest BCUT2D eigenvalue weighted by Gasteiger charge is -2.19. The quantitative estimate of drug-likeness (QED) is 0.479. The minimum Gasteiger partial charge on any atom is -0.497 e. The van der Waals surface area contributed by atoms with E-state index in [2.05, 4.69) is 15.4 Å². The van der Waals surface area contributed by atoms with Gasteiger partial charge in [0.15, 0.2) is 6.61 Å². The van der Waals surface area contributed by atoms with Gasteiger partial charge < -0.3 is 14.0 Å². The van der Waals surface area contributed by atoms with E-state index in [9.17, 15) is 4.79 Å². The fraction of sp³-hybridized carbons (Fsp3) is 0.182. The summed E-state index contributed by atoms with van der Waals surface area (Å²) < 4.78 is 10.8. The van der Waals surface area contributed by atoms with Crippen molar-refractivity contribution in [1.29, 1.82) is 0 Å². The number of benzene rings is 2. The van der Waals surface area contributed by atoms with Crippen molar-refractivity contribution in [2.45, 2.75) is 12.5 Å². The van der Waals surface area contributed by atoms with Crippen LogP contribution in [0.25, 0.3) is 11.0 Å². The Balaban J connectivity index is 1.38. The number of rotatable bonds is 6. The van der Waals surface area contributed by atoms with E-state index in [1.165, 1.54) is 9.85 Å². The summed E-state index contributed by atoms with van der Waals surface area (Å²) in [5.41, 5.74) is 3.06. The summed E-state index contributed by atoms with van der Waals surface area (Å²) in [7, 11) is 1.62. The molecule has 1 unspecified atom stereocenters. The van der Waals surface area contributed by atoms with Gasteiger partial charge in [-0.1, -0.05) is 17.0 Å². The first-order valence-corrected chi connectivity index (χ1v) is 9.74. The molecule has 156 valence electrons. The Hall–Kier alpha value is -4.14. The minimum absolute atomic E-state index is 0.246. The van der Waals surface area contributed by atoms with E-state index in [4.69, 9.17) is 14.0 Å². The Kier molecular flexibility index (Phi) is 4.83. The van der Waals surface area contributed by atoms with E-state index in [0.29, 0.717) is 23.2 Å². The number of amides is 1. The average molecular weight is 417 g/mol. The normalized spacial score (nSPS) is 15.8. The lowest BCUT2D eigenvalue weighted by Crippen LogP contribution is -2.33. The van der Waals surface area contributed by atoms with Crippen molar-refractivity contribution in [3.05, 3.63) is 78.3 Å². The highest BCUT2D eigenvalue weighted by molar-refractivity contribution is 6.03. The van der Waals surface area contributed by atoms with Gasteiger partial charge in [0.1, 0.15) is 28.6 Å². The summed E-state index contributed by atoms with van der Waals surface area (Å²) in [4.78, 5) is 19.9. The molecule has 31 heavy (non-hydrogen) atoms. The van der Waals surface area contributed by atoms with Gasteiger partial charge >= 0.3 is 0 Å². The van der Waals surface area contributed by atoms with Gasteiger partial charge in [-0.3, -0.25) is 4.79 Å². The Morgan fingerprint density at radius 2 is 1.97 bits per heavy atom. The standard InChI is InChI=1S/C22H19N5O4/c1-29-16-10-8-15(9-11-16)18-13-20(21-7-4-12-30-21)26(24-18)22(28)14-31-27-19-6-3-2-5-17(19)23-25-27/h2-12,20H,13-14H2,1H3. The summed E-state index contributed by atoms with van der Waals surface area (Å²) in [5.74, 6) is 1.10. The van der Waals surface area contributed by atoms with Gasteiger partial charge in [0, 0.05) is 6.42 Å². The molecule has 5 rings (SSSR count). The predicted octanol–water partition coefficient (Wildman–Crippen LogP) is 2.84. The van der Waals surface area contributed by atoms with Crippen LogP contribution < -0.4 is 9.57 Å². The van der Waals surface area contributed by atoms with Crippen LogP contribution >= 0.6 is 0 Å². The van der Waals surface area contributed by atoms with Crippen LogP contribution in [0.5, 0.6) is 5.75 Å². The molecule has 1 aliphatic heterocycles. The molecule has 2 aromatic heterocycles. The zero-order chi connectivity index (χ0) is 21.2. The molecule has 0 bridgehead atoms. The van der Waals surface area contributed by atoms with Crippen molar-refractivity contribution in [1.82, 2.24) is 20.2 Å². The zero-order valence-corrected chi connectivity index (χ0v) is 16.7. The lowest BCUT2D eigenvalue weighted by atomic mass is 10.0. The number of hydrogen-bond donors (Lipinski definition) is 0. The topological polar surface area (TPSA) is 95.0 Å². The maximum absolute atomic E-state index is 13.0. The van der Waals surface area contributed by atoms with Crippen LogP contribution in [0.4, 0.5) is 0 Å². The molecular weight excluding hydrogens is 398 g/mol. The molecule has 0 aliphatic carbocycles. The van der Waals surface area contributed by atoms with E-state index in [-0.39, 0.29) is 18.6 Å². The monoisotopic (exact) mass is 417 g/mol. The van der Waals surface area contributed by atoms with Crippen LogP contribution in [0.2, 0.25) is 0 Å². The van der Waals surface area contributed by atoms with Crippen molar-refractivity contribution >= 4 is 22.7 Å². The van der Waals surface area contributed by atoms with Crippen LogP contribution in [0, 0.1) is 0 Å². The van der Waals surface area contributed by atoms with Crippen molar-refractivity contribution in [3.63, 3.8) is 0 Å². The average Bonchev–Trinajstić information content (AvgIpc) is 3.57. The van der Waals surface area contributed by atoms with Gasteiger partial charge in [0.25, 0.3) is 5.91 Å². The number of carbonyl (C=O) groups is 1. The highest BCUT2D eigenvalue weighted by Crippen LogP contribution is 2.33. The van der Waals surface area contributed by atoms with Gasteiger partial charge in [-0.15, -0.1) is 5.10 Å². The minimum atomic E-state index is -0.351. The van der Waals surface area contributed by atoms with E-state index in [1.807, 2.05) is 54.6 Å². The number of para-hydroxylation sites is 1. The van der Waals surface area contributed by atoms with Crippen LogP contribution in [-0.2, 0) is 4.79 Å². The van der Waals surface area contributed by atoms with Crippen molar-refractivity contribution in [2.24, 2.45) is 5.10 Å². The third kappa shape index (κ3) is 3.61. The summed E-state index contributed by atoms with van der Waals surface area (Å²) >= 11 is 0. The molecule has 0 saturated heterocycles. The molecule has 3 heterocycles. The number of furan rings is 1. The summed E-state index contributed by atoms with van der Waals surface area (Å²) in [6.45, 7) is -0.246. The number of nitrogens with zero attached hydrogens (tertiary/aromatic N) is 5. The van der Waals surface area contributed by atoms with E-state index < -0.39 is 0 Å². The van der Waals surface area contributed by atoms with Crippen LogP contribution in [0.15, 0.2) is 76.4 Å². The second-order valence-corrected chi connectivity index (χ2v) is 6.97. The van der Waals surface area contributed by atoms with Gasteiger partial charge in [0.2, 0.25) is 0 Å². The number of ether oxygens (including phenoxy) is 1. The number of hydrazone groups is 1. The molecule has 4 aromatic rings. The van der Waals surface area contributed by atoms with Crippen molar-refractivity contribution in [2.75, 3.05) is 13.7 Å². The third-order valence-corrected chi connectivity index (χ3v) is 5.09. The van der Waals surface area contributed by atoms with Gasteiger partial charge in [-0.05, 0) is 59.3 Å². The summed E-state index contributed by atoms with van der Waals surface area (Å²) in [6, 6.07) is 18.2. The molecule has 1 atom stereocenters. The molecule has 1 aliphatic rings. The maximum Gasteiger partial charge on any atom is 0.284 e. The van der Waals surface area contributed by atoms with Crippen LogP contribution in [0.1, 0.15) is 23.8 Å². The smallest absolute Gasteiger partial charge is 0.284 e. The number of fused-ring (bicyclic) bond motifs is 1. The highest BCUT2D eigenvalue weighted by Gasteiger charge is 2.35. The van der Waals surface area contributed by atoms with Crippen LogP contribution in [0.3, 0.4) is 0 Å². The fourth-order valence-electron chi connectivity index (χ4n) is 3.53. The summed E-state index contributed by atoms with van der Waals surface area (Å²) in [6.07, 6.45) is 2.11. The van der Waals surface area contributed by atoms with Gasteiger partial charge in [0.05, 0.1) is 19.1 Å². The summed E-state index contributed by atoms with van der Waals surface area (Å²) in [5, 5.41) is 14.0. The molecule has 0 spiro atoms. The first-order chi connectivity index (χ1) is 15.2. The van der Waals surface area contributed by atoms with E-state index >= 15 is 0 Å². The van der Waals surface area contributed by atoms with E-state index in [0.717, 1.165) is 17.0 Å². The molecule has 0 saturated carbocycles. The predicted molar refractivity (Wildman–Crippen MR) is 111 cm³/mol. The van der Waals surface area contributed by atoms with Gasteiger partial charge in [-0.2, -0.15) is 5.10 Å². The molecule has 0 fully saturated rings. The van der Waals surface area contributed by atoms with Crippen molar-refractivity contribution < 1.29 is 18.8 Å². The lowest BCUT2D eigenvalue weighted by molar-refractivity contribution is -0.139. The second kappa shape index (κ2) is 7.94. The fourth-order valence-corrected chi connectivity index (χ4v) is 3.53. The number of hydrogen-bond acceptors (Lipinski definition) is 7. The highest BCUT2D eigenvalue weighted by atomic mass is 16.7. The number of methoxy groups -OCH3 is 1. The molecule has 9 nitrogen and oxygen atoms in total. The molecule has 0 N–H and O–H groups in total. The second-order valence-electron chi connectivity index (χ2n) is 6.97. The van der Waals surface area contributed by atoms with E-state index in [1.54, 1.807) is 19.4 Å². The maximum atomic E-state index is 13.0. The number of aromatic nitrogens is 3. The first-order valence-electron chi connectivity index (χ1n) is 9.74. The van der Waals surface area contributed by atoms with Gasteiger partial charge in [-0.25, -0.2) is 5.01 Å². The molecule has 0 radical (unpaired) electrons. The Labute approximate surface area is 177 Å². The SMILES string of the molecule is COc1ccc(C2=NN(C(=O)COn3nnc4ccccc43)C(c3ccco3)C2)cc1. The third-order valence-electron chi connectivity index (χ3n) is 5.09. The Bertz CT molecular complexity index is 1230. The Morgan fingerprint density at radius 3 is 2.74 bits per heavy atom.